The van der Waals surface area contributed by atoms with Crippen LogP contribution in [0.15, 0.2) is 24.3 Å². The standard InChI is InChI=1S/C14H16FNO4/c15-11-4-2-1-3-10(11)12(6-14(19)20)16-7-9(8-17)5-13(16)18/h1-4,9,12,17H,5-8H2,(H,19,20). The number of likely N-dealkylation sites (tertiary alicyclic amines) is 1. The summed E-state index contributed by atoms with van der Waals surface area (Å²) in [6.07, 6.45) is -0.189. The van der Waals surface area contributed by atoms with E-state index < -0.39 is 17.8 Å². The summed E-state index contributed by atoms with van der Waals surface area (Å²) < 4.78 is 13.9. The van der Waals surface area contributed by atoms with Gasteiger partial charge in [0.05, 0.1) is 12.5 Å². The normalized spacial score (nSPS) is 20.2. The van der Waals surface area contributed by atoms with E-state index in [9.17, 15) is 14.0 Å². The molecule has 0 bridgehead atoms. The monoisotopic (exact) mass is 281 g/mol. The van der Waals surface area contributed by atoms with Gasteiger partial charge in [-0.3, -0.25) is 9.59 Å². The molecular weight excluding hydrogens is 265 g/mol. The Morgan fingerprint density at radius 2 is 2.15 bits per heavy atom. The summed E-state index contributed by atoms with van der Waals surface area (Å²) in [5.74, 6) is -2.10. The second-order valence-electron chi connectivity index (χ2n) is 4.93. The second-order valence-corrected chi connectivity index (χ2v) is 4.93. The molecule has 0 radical (unpaired) electrons. The van der Waals surface area contributed by atoms with Crippen molar-refractivity contribution in [1.82, 2.24) is 4.90 Å². The van der Waals surface area contributed by atoms with Crippen LogP contribution in [0.4, 0.5) is 4.39 Å². The van der Waals surface area contributed by atoms with E-state index in [-0.39, 0.29) is 43.4 Å². The van der Waals surface area contributed by atoms with Crippen LogP contribution < -0.4 is 0 Å². The lowest BCUT2D eigenvalue weighted by atomic mass is 10.0. The van der Waals surface area contributed by atoms with Crippen LogP contribution in [0.25, 0.3) is 0 Å². The number of halogens is 1. The molecule has 5 nitrogen and oxygen atoms in total. The Hall–Kier alpha value is -1.95. The maximum atomic E-state index is 13.9. The lowest BCUT2D eigenvalue weighted by molar-refractivity contribution is -0.139. The number of rotatable bonds is 5. The average molecular weight is 281 g/mol. The third-order valence-electron chi connectivity index (χ3n) is 3.51. The summed E-state index contributed by atoms with van der Waals surface area (Å²) in [5, 5.41) is 18.1. The first kappa shape index (κ1) is 14.5. The van der Waals surface area contributed by atoms with Crippen LogP contribution >= 0.6 is 0 Å². The molecule has 0 saturated carbocycles. The van der Waals surface area contributed by atoms with E-state index in [0.29, 0.717) is 0 Å². The average Bonchev–Trinajstić information content (AvgIpc) is 2.78. The highest BCUT2D eigenvalue weighted by Crippen LogP contribution is 2.32. The fraction of sp³-hybridized carbons (Fsp3) is 0.429. The summed E-state index contributed by atoms with van der Waals surface area (Å²) in [7, 11) is 0. The van der Waals surface area contributed by atoms with Gasteiger partial charge in [0.1, 0.15) is 5.82 Å². The van der Waals surface area contributed by atoms with Crippen molar-refractivity contribution in [2.45, 2.75) is 18.9 Å². The largest absolute Gasteiger partial charge is 0.481 e. The van der Waals surface area contributed by atoms with E-state index in [0.717, 1.165) is 0 Å². The van der Waals surface area contributed by atoms with Crippen LogP contribution in [0.1, 0.15) is 24.4 Å². The number of hydrogen-bond acceptors (Lipinski definition) is 3. The Bertz CT molecular complexity index is 520. The number of hydrogen-bond donors (Lipinski definition) is 2. The molecule has 1 aliphatic heterocycles. The molecule has 0 aromatic heterocycles. The van der Waals surface area contributed by atoms with Gasteiger partial charge in [-0.15, -0.1) is 0 Å². The van der Waals surface area contributed by atoms with Gasteiger partial charge in [-0.25, -0.2) is 4.39 Å². The summed E-state index contributed by atoms with van der Waals surface area (Å²) in [4.78, 5) is 24.3. The van der Waals surface area contributed by atoms with Gasteiger partial charge in [-0.2, -0.15) is 0 Å². The van der Waals surface area contributed by atoms with Crippen LogP contribution in [-0.4, -0.2) is 40.1 Å². The van der Waals surface area contributed by atoms with Crippen LogP contribution in [0.3, 0.4) is 0 Å². The molecule has 1 aromatic carbocycles. The smallest absolute Gasteiger partial charge is 0.305 e. The summed E-state index contributed by atoms with van der Waals surface area (Å²) >= 11 is 0. The van der Waals surface area contributed by atoms with Crippen molar-refractivity contribution in [1.29, 1.82) is 0 Å². The van der Waals surface area contributed by atoms with Gasteiger partial charge in [0, 0.05) is 31.1 Å². The van der Waals surface area contributed by atoms with Crippen LogP contribution in [0, 0.1) is 11.7 Å². The third kappa shape index (κ3) is 2.96. The van der Waals surface area contributed by atoms with Gasteiger partial charge in [0.15, 0.2) is 0 Å². The Kier molecular flexibility index (Phi) is 4.34. The third-order valence-corrected chi connectivity index (χ3v) is 3.51. The molecule has 2 N–H and O–H groups in total. The number of aliphatic carboxylic acids is 1. The number of benzene rings is 1. The summed E-state index contributed by atoms with van der Waals surface area (Å²) in [5.41, 5.74) is 0.196. The molecule has 1 heterocycles. The quantitative estimate of drug-likeness (QED) is 0.849. The van der Waals surface area contributed by atoms with E-state index in [1.54, 1.807) is 6.07 Å². The summed E-state index contributed by atoms with van der Waals surface area (Å²) in [6, 6.07) is 5.02. The zero-order chi connectivity index (χ0) is 14.7. The summed E-state index contributed by atoms with van der Waals surface area (Å²) in [6.45, 7) is 0.112. The number of aliphatic hydroxyl groups is 1. The molecule has 20 heavy (non-hydrogen) atoms. The first-order valence-electron chi connectivity index (χ1n) is 6.39. The lowest BCUT2D eigenvalue weighted by Gasteiger charge is -2.27. The Balaban J connectivity index is 2.31. The van der Waals surface area contributed by atoms with Gasteiger partial charge >= 0.3 is 5.97 Å². The second kappa shape index (κ2) is 6.00. The number of carbonyl (C=O) groups is 2. The number of carbonyl (C=O) groups excluding carboxylic acids is 1. The van der Waals surface area contributed by atoms with Crippen molar-refractivity contribution in [2.75, 3.05) is 13.2 Å². The lowest BCUT2D eigenvalue weighted by Crippen LogP contribution is -2.32. The Labute approximate surface area is 115 Å². The van der Waals surface area contributed by atoms with Crippen molar-refractivity contribution < 1.29 is 24.2 Å². The highest BCUT2D eigenvalue weighted by atomic mass is 19.1. The zero-order valence-corrected chi connectivity index (χ0v) is 10.8. The molecule has 1 aromatic rings. The van der Waals surface area contributed by atoms with Gasteiger partial charge in [-0.1, -0.05) is 18.2 Å². The highest BCUT2D eigenvalue weighted by Gasteiger charge is 2.36. The number of aliphatic hydroxyl groups excluding tert-OH is 1. The topological polar surface area (TPSA) is 77.8 Å². The van der Waals surface area contributed by atoms with Gasteiger partial charge in [0.25, 0.3) is 0 Å². The fourth-order valence-electron chi connectivity index (χ4n) is 2.53. The molecule has 2 rings (SSSR count). The molecule has 108 valence electrons. The minimum Gasteiger partial charge on any atom is -0.481 e. The molecule has 1 aliphatic rings. The number of nitrogens with zero attached hydrogens (tertiary/aromatic N) is 1. The number of amides is 1. The van der Waals surface area contributed by atoms with Crippen molar-refractivity contribution in [3.8, 4) is 0 Å². The first-order valence-corrected chi connectivity index (χ1v) is 6.39. The maximum absolute atomic E-state index is 13.9. The van der Waals surface area contributed by atoms with Crippen molar-refractivity contribution in [2.24, 2.45) is 5.92 Å². The Morgan fingerprint density at radius 1 is 1.45 bits per heavy atom. The van der Waals surface area contributed by atoms with E-state index in [1.807, 2.05) is 0 Å². The van der Waals surface area contributed by atoms with Gasteiger partial charge < -0.3 is 15.1 Å². The Morgan fingerprint density at radius 3 is 2.70 bits per heavy atom. The first-order chi connectivity index (χ1) is 9.52. The van der Waals surface area contributed by atoms with Crippen LogP contribution in [0.5, 0.6) is 0 Å². The van der Waals surface area contributed by atoms with Gasteiger partial charge in [0.2, 0.25) is 5.91 Å². The van der Waals surface area contributed by atoms with Crippen LogP contribution in [0.2, 0.25) is 0 Å². The van der Waals surface area contributed by atoms with Crippen molar-refractivity contribution in [3.05, 3.63) is 35.6 Å². The molecule has 0 spiro atoms. The molecule has 2 atom stereocenters. The molecule has 1 saturated heterocycles. The molecular formula is C14H16FNO4. The predicted octanol–water partition coefficient (Wildman–Crippen LogP) is 1.18. The predicted molar refractivity (Wildman–Crippen MR) is 68.3 cm³/mol. The van der Waals surface area contributed by atoms with Crippen molar-refractivity contribution in [3.63, 3.8) is 0 Å². The van der Waals surface area contributed by atoms with Crippen LogP contribution in [-0.2, 0) is 9.59 Å². The fourth-order valence-corrected chi connectivity index (χ4v) is 2.53. The molecule has 1 fully saturated rings. The molecule has 1 amide bonds. The maximum Gasteiger partial charge on any atom is 0.305 e. The van der Waals surface area contributed by atoms with Gasteiger partial charge in [-0.05, 0) is 6.07 Å². The minimum absolute atomic E-state index is 0.140. The SMILES string of the molecule is O=C(O)CC(c1ccccc1F)N1CC(CO)CC1=O. The number of carboxylic acid groups (broad SMARTS) is 1. The van der Waals surface area contributed by atoms with E-state index in [2.05, 4.69) is 0 Å². The zero-order valence-electron chi connectivity index (χ0n) is 10.8. The molecule has 6 heteroatoms. The van der Waals surface area contributed by atoms with E-state index in [4.69, 9.17) is 10.2 Å². The van der Waals surface area contributed by atoms with E-state index in [1.165, 1.54) is 23.1 Å². The number of carboxylic acids is 1. The molecule has 2 unspecified atom stereocenters. The molecule has 0 aliphatic carbocycles. The minimum atomic E-state index is -1.10. The highest BCUT2D eigenvalue weighted by molar-refractivity contribution is 5.80. The van der Waals surface area contributed by atoms with Crippen molar-refractivity contribution >= 4 is 11.9 Å². The van der Waals surface area contributed by atoms with E-state index >= 15 is 0 Å².